The molecule has 2 aromatic rings. The lowest BCUT2D eigenvalue weighted by molar-refractivity contribution is -0.0418. The molecule has 0 bridgehead atoms. The number of likely N-dealkylation sites (tertiary alicyclic amines) is 1. The number of hydrogen-bond donors (Lipinski definition) is 4. The lowest BCUT2D eigenvalue weighted by atomic mass is 9.72. The summed E-state index contributed by atoms with van der Waals surface area (Å²) in [6, 6.07) is 14.4. The van der Waals surface area contributed by atoms with Gasteiger partial charge in [0.25, 0.3) is 5.91 Å². The van der Waals surface area contributed by atoms with Gasteiger partial charge in [0.2, 0.25) is 0 Å². The third-order valence-corrected chi connectivity index (χ3v) is 9.16. The second-order valence-electron chi connectivity index (χ2n) is 10.5. The normalized spacial score (nSPS) is 24.9. The van der Waals surface area contributed by atoms with E-state index in [0.29, 0.717) is 35.3 Å². The summed E-state index contributed by atoms with van der Waals surface area (Å²) >= 11 is 1.60. The number of phenolic OH excluding ortho intramolecular Hbond substituents is 1. The van der Waals surface area contributed by atoms with Crippen LogP contribution in [0.2, 0.25) is 0 Å². The van der Waals surface area contributed by atoms with Crippen LogP contribution in [0.3, 0.4) is 0 Å². The van der Waals surface area contributed by atoms with Gasteiger partial charge < -0.3 is 20.6 Å². The minimum atomic E-state index is -0.802. The summed E-state index contributed by atoms with van der Waals surface area (Å²) in [5.41, 5.74) is 0.925. The zero-order valence-electron chi connectivity index (χ0n) is 21.3. The summed E-state index contributed by atoms with van der Waals surface area (Å²) in [5.74, 6) is 1.55. The Morgan fingerprint density at radius 3 is 2.53 bits per heavy atom. The monoisotopic (exact) mass is 512 g/mol. The van der Waals surface area contributed by atoms with Crippen LogP contribution in [-0.2, 0) is 0 Å². The molecule has 6 atom stereocenters. The van der Waals surface area contributed by atoms with Crippen LogP contribution in [0.15, 0.2) is 53.4 Å². The van der Waals surface area contributed by atoms with E-state index in [1.807, 2.05) is 37.3 Å². The van der Waals surface area contributed by atoms with Crippen LogP contribution in [0.25, 0.3) is 0 Å². The van der Waals surface area contributed by atoms with E-state index in [9.17, 15) is 20.1 Å². The van der Waals surface area contributed by atoms with E-state index in [1.54, 1.807) is 36.9 Å². The Balaban J connectivity index is 1.50. The summed E-state index contributed by atoms with van der Waals surface area (Å²) in [7, 11) is 0. The fourth-order valence-electron chi connectivity index (χ4n) is 5.88. The number of piperidine rings is 1. The molecule has 6 nitrogen and oxygen atoms in total. The Morgan fingerprint density at radius 1 is 1.08 bits per heavy atom. The maximum absolute atomic E-state index is 13.2. The number of amides is 1. The lowest BCUT2D eigenvalue weighted by Crippen LogP contribution is -2.57. The zero-order valence-corrected chi connectivity index (χ0v) is 22.2. The highest BCUT2D eigenvalue weighted by Crippen LogP contribution is 2.39. The molecule has 2 aromatic carbocycles. The molecular formula is C29H40N2O4S. The van der Waals surface area contributed by atoms with E-state index in [2.05, 4.69) is 10.2 Å². The Hall–Kier alpha value is -2.06. The van der Waals surface area contributed by atoms with Gasteiger partial charge in [-0.15, -0.1) is 11.8 Å². The molecule has 36 heavy (non-hydrogen) atoms. The van der Waals surface area contributed by atoms with Gasteiger partial charge in [-0.1, -0.05) is 43.5 Å². The van der Waals surface area contributed by atoms with Crippen LogP contribution in [-0.4, -0.2) is 69.3 Å². The van der Waals surface area contributed by atoms with E-state index in [-0.39, 0.29) is 17.7 Å². The number of β-amino-alcohol motifs (C(OH)–C–C–N with tert-alkyl or cyclic N) is 1. The summed E-state index contributed by atoms with van der Waals surface area (Å²) in [6.07, 6.45) is 4.67. The average molecular weight is 513 g/mol. The molecule has 196 valence electrons. The zero-order chi connectivity index (χ0) is 25.7. The predicted octanol–water partition coefficient (Wildman–Crippen LogP) is 4.21. The third kappa shape index (κ3) is 6.62. The van der Waals surface area contributed by atoms with Crippen molar-refractivity contribution >= 4 is 17.7 Å². The van der Waals surface area contributed by atoms with Crippen LogP contribution in [0, 0.1) is 18.8 Å². The molecule has 1 amide bonds. The van der Waals surface area contributed by atoms with Crippen LogP contribution in [0.5, 0.6) is 5.75 Å². The lowest BCUT2D eigenvalue weighted by Gasteiger charge is -2.48. The van der Waals surface area contributed by atoms with Crippen molar-refractivity contribution in [2.45, 2.75) is 75.1 Å². The van der Waals surface area contributed by atoms with Gasteiger partial charge in [0.05, 0.1) is 18.2 Å². The van der Waals surface area contributed by atoms with Crippen molar-refractivity contribution in [2.24, 2.45) is 11.8 Å². The van der Waals surface area contributed by atoms with Crippen LogP contribution >= 0.6 is 11.8 Å². The minimum absolute atomic E-state index is 0.0189. The molecule has 1 saturated carbocycles. The van der Waals surface area contributed by atoms with Gasteiger partial charge in [-0.05, 0) is 62.8 Å². The molecule has 1 aliphatic carbocycles. The summed E-state index contributed by atoms with van der Waals surface area (Å²) in [4.78, 5) is 16.5. The fourth-order valence-corrected chi connectivity index (χ4v) is 6.90. The van der Waals surface area contributed by atoms with E-state index in [0.717, 1.165) is 17.9 Å². The number of carbonyl (C=O) groups is 1. The molecule has 1 saturated heterocycles. The fraction of sp³-hybridized carbons (Fsp3) is 0.552. The molecule has 0 spiro atoms. The first-order valence-corrected chi connectivity index (χ1v) is 14.2. The number of nitrogens with zero attached hydrogens (tertiary/aromatic N) is 1. The minimum Gasteiger partial charge on any atom is -0.508 e. The van der Waals surface area contributed by atoms with Gasteiger partial charge >= 0.3 is 0 Å². The quantitative estimate of drug-likeness (QED) is 0.376. The van der Waals surface area contributed by atoms with Crippen molar-refractivity contribution in [2.75, 3.05) is 18.8 Å². The first-order chi connectivity index (χ1) is 17.3. The van der Waals surface area contributed by atoms with Gasteiger partial charge in [-0.3, -0.25) is 9.69 Å². The number of fused-ring (bicyclic) bond motifs is 1. The van der Waals surface area contributed by atoms with E-state index >= 15 is 0 Å². The standard InChI is InChI=1S/C29H40N2O4S/c1-19-24(13-8-14-27(19)33)29(35)30-25(18-36-23-11-4-3-5-12-23)28(34)17-31-16-22-10-7-6-9-21(22)15-26(31)20(2)32/h3-5,8,11-14,20-22,25-26,28,32-34H,6-7,9-10,15-18H2,1-2H3,(H,30,35)/t20?,21-,22+,25-,26-,28+/m0/s1. The number of aliphatic hydroxyl groups is 2. The van der Waals surface area contributed by atoms with Crippen molar-refractivity contribution in [3.8, 4) is 5.75 Å². The van der Waals surface area contributed by atoms with Crippen molar-refractivity contribution < 1.29 is 20.1 Å². The highest BCUT2D eigenvalue weighted by molar-refractivity contribution is 7.99. The third-order valence-electron chi connectivity index (χ3n) is 8.03. The number of thioether (sulfide) groups is 1. The Kier molecular flexibility index (Phi) is 9.34. The number of nitrogens with one attached hydrogen (secondary N) is 1. The molecule has 1 heterocycles. The number of rotatable bonds is 9. The van der Waals surface area contributed by atoms with Crippen molar-refractivity contribution in [3.05, 3.63) is 59.7 Å². The highest BCUT2D eigenvalue weighted by atomic mass is 32.2. The highest BCUT2D eigenvalue weighted by Gasteiger charge is 2.40. The maximum atomic E-state index is 13.2. The Bertz CT molecular complexity index is 1000. The summed E-state index contributed by atoms with van der Waals surface area (Å²) in [5, 5.41) is 35.1. The Morgan fingerprint density at radius 2 is 1.81 bits per heavy atom. The summed E-state index contributed by atoms with van der Waals surface area (Å²) < 4.78 is 0. The van der Waals surface area contributed by atoms with Crippen LogP contribution < -0.4 is 5.32 Å². The largest absolute Gasteiger partial charge is 0.508 e. The molecule has 0 aromatic heterocycles. The predicted molar refractivity (Wildman–Crippen MR) is 144 cm³/mol. The molecule has 7 heteroatoms. The second kappa shape index (κ2) is 12.5. The Labute approximate surface area is 219 Å². The molecule has 1 unspecified atom stereocenters. The van der Waals surface area contributed by atoms with Crippen molar-refractivity contribution in [1.82, 2.24) is 10.2 Å². The number of carbonyl (C=O) groups excluding carboxylic acids is 1. The van der Waals surface area contributed by atoms with E-state index < -0.39 is 18.2 Å². The number of benzene rings is 2. The van der Waals surface area contributed by atoms with Crippen LogP contribution in [0.1, 0.15) is 54.9 Å². The molecular weight excluding hydrogens is 472 g/mol. The number of phenols is 1. The molecule has 2 aliphatic rings. The molecule has 1 aliphatic heterocycles. The van der Waals surface area contributed by atoms with Crippen LogP contribution in [0.4, 0.5) is 0 Å². The van der Waals surface area contributed by atoms with Gasteiger partial charge in [0.1, 0.15) is 5.75 Å². The van der Waals surface area contributed by atoms with Gasteiger partial charge in [0.15, 0.2) is 0 Å². The molecule has 2 fully saturated rings. The van der Waals surface area contributed by atoms with Gasteiger partial charge in [-0.2, -0.15) is 0 Å². The number of aromatic hydroxyl groups is 1. The SMILES string of the molecule is Cc1c(O)cccc1C(=O)N[C@@H](CSc1ccccc1)[C@H](O)CN1C[C@H]2CCCC[C@H]2C[C@H]1C(C)O. The first-order valence-electron chi connectivity index (χ1n) is 13.2. The summed E-state index contributed by atoms with van der Waals surface area (Å²) in [6.45, 7) is 4.85. The van der Waals surface area contributed by atoms with E-state index in [1.165, 1.54) is 25.7 Å². The van der Waals surface area contributed by atoms with E-state index in [4.69, 9.17) is 0 Å². The molecule has 4 N–H and O–H groups in total. The molecule has 4 rings (SSSR count). The maximum Gasteiger partial charge on any atom is 0.252 e. The average Bonchev–Trinajstić information content (AvgIpc) is 2.88. The van der Waals surface area contributed by atoms with Gasteiger partial charge in [-0.25, -0.2) is 0 Å². The second-order valence-corrected chi connectivity index (χ2v) is 11.6. The number of aliphatic hydroxyl groups excluding tert-OH is 2. The van der Waals surface area contributed by atoms with Crippen molar-refractivity contribution in [1.29, 1.82) is 0 Å². The van der Waals surface area contributed by atoms with Gasteiger partial charge in [0, 0.05) is 40.9 Å². The van der Waals surface area contributed by atoms with Crippen molar-refractivity contribution in [3.63, 3.8) is 0 Å². The topological polar surface area (TPSA) is 93.0 Å². The smallest absolute Gasteiger partial charge is 0.252 e. The first kappa shape index (κ1) is 27.0. The number of hydrogen-bond acceptors (Lipinski definition) is 6. The molecule has 0 radical (unpaired) electrons.